The molecule has 0 bridgehead atoms. The van der Waals surface area contributed by atoms with Gasteiger partial charge in [0.1, 0.15) is 0 Å². The van der Waals surface area contributed by atoms with Crippen LogP contribution in [0.3, 0.4) is 0 Å². The van der Waals surface area contributed by atoms with Gasteiger partial charge in [0.15, 0.2) is 0 Å². The third kappa shape index (κ3) is 10.5. The monoisotopic (exact) mass is 325 g/mol. The van der Waals surface area contributed by atoms with Crippen molar-refractivity contribution in [2.75, 3.05) is 0 Å². The number of rotatable bonds is 12. The van der Waals surface area contributed by atoms with Crippen molar-refractivity contribution in [1.82, 2.24) is 0 Å². The van der Waals surface area contributed by atoms with Crippen molar-refractivity contribution in [3.8, 4) is 11.8 Å². The molecule has 0 aliphatic heterocycles. The average molecular weight is 326 g/mol. The summed E-state index contributed by atoms with van der Waals surface area (Å²) in [4.78, 5) is 0. The van der Waals surface area contributed by atoms with E-state index in [4.69, 9.17) is 0 Å². The second-order valence-corrected chi connectivity index (χ2v) is 7.08. The van der Waals surface area contributed by atoms with Crippen LogP contribution in [0.5, 0.6) is 0 Å². The Hall–Kier alpha value is -1.22. The molecule has 0 nitrogen and oxygen atoms in total. The predicted octanol–water partition coefficient (Wildman–Crippen LogP) is 7.36. The molecular formula is C24H37. The quantitative estimate of drug-likeness (QED) is 0.278. The molecule has 0 aliphatic carbocycles. The lowest BCUT2D eigenvalue weighted by molar-refractivity contribution is 0.519. The maximum absolute atomic E-state index is 3.26. The third-order valence-electron chi connectivity index (χ3n) is 4.61. The van der Waals surface area contributed by atoms with Crippen LogP contribution >= 0.6 is 0 Å². The molecule has 0 saturated heterocycles. The first kappa shape index (κ1) is 20.8. The lowest BCUT2D eigenvalue weighted by Crippen LogP contribution is -1.99. The van der Waals surface area contributed by atoms with Crippen molar-refractivity contribution in [2.24, 2.45) is 5.92 Å². The molecule has 0 aromatic heterocycles. The summed E-state index contributed by atoms with van der Waals surface area (Å²) in [6.07, 6.45) is 16.7. The van der Waals surface area contributed by atoms with Crippen LogP contribution in [0.25, 0.3) is 0 Å². The molecule has 0 saturated carbocycles. The molecule has 1 aromatic carbocycles. The van der Waals surface area contributed by atoms with E-state index in [-0.39, 0.29) is 0 Å². The number of hydrogen-bond acceptors (Lipinski definition) is 0. The molecule has 1 unspecified atom stereocenters. The van der Waals surface area contributed by atoms with Crippen molar-refractivity contribution in [3.63, 3.8) is 0 Å². The van der Waals surface area contributed by atoms with Gasteiger partial charge in [-0.25, -0.2) is 0 Å². The normalized spacial score (nSPS) is 11.8. The third-order valence-corrected chi connectivity index (χ3v) is 4.61. The lowest BCUT2D eigenvalue weighted by Gasteiger charge is -2.11. The molecule has 1 radical (unpaired) electrons. The van der Waals surface area contributed by atoms with Crippen molar-refractivity contribution in [1.29, 1.82) is 0 Å². The van der Waals surface area contributed by atoms with Gasteiger partial charge in [-0.2, -0.15) is 0 Å². The van der Waals surface area contributed by atoms with Gasteiger partial charge in [0.05, 0.1) is 0 Å². The fourth-order valence-corrected chi connectivity index (χ4v) is 2.86. The standard InChI is InChI=1S/C24H37/c1-4-6-8-10-11-12-14-22(3)16-17-24-20-18-23(19-21-24)15-13-9-7-5-2/h16,18-22H,4-12,14,17H2,1-3H3. The highest BCUT2D eigenvalue weighted by Crippen LogP contribution is 2.16. The van der Waals surface area contributed by atoms with E-state index in [0.29, 0.717) is 0 Å². The van der Waals surface area contributed by atoms with Crippen LogP contribution in [0.15, 0.2) is 24.3 Å². The molecule has 1 atom stereocenters. The number of benzene rings is 1. The lowest BCUT2D eigenvalue weighted by atomic mass is 9.95. The number of unbranched alkanes of at least 4 members (excludes halogenated alkanes) is 7. The molecule has 0 spiro atoms. The van der Waals surface area contributed by atoms with E-state index in [0.717, 1.165) is 24.3 Å². The maximum Gasteiger partial charge on any atom is 0.0245 e. The molecule has 0 N–H and O–H groups in total. The van der Waals surface area contributed by atoms with Gasteiger partial charge in [-0.15, -0.1) is 0 Å². The van der Waals surface area contributed by atoms with E-state index in [2.05, 4.69) is 63.3 Å². The Morgan fingerprint density at radius 3 is 2.25 bits per heavy atom. The van der Waals surface area contributed by atoms with Crippen LogP contribution in [-0.4, -0.2) is 0 Å². The second kappa shape index (κ2) is 14.2. The molecule has 0 aliphatic rings. The summed E-state index contributed by atoms with van der Waals surface area (Å²) in [5.74, 6) is 7.24. The Labute approximate surface area is 151 Å². The number of hydrogen-bond donors (Lipinski definition) is 0. The smallest absolute Gasteiger partial charge is 0.0245 e. The Balaban J connectivity index is 2.18. The summed E-state index contributed by atoms with van der Waals surface area (Å²) in [6.45, 7) is 6.85. The van der Waals surface area contributed by atoms with E-state index in [1.807, 2.05) is 0 Å². The largest absolute Gasteiger partial charge is 0.0979 e. The molecule has 1 rings (SSSR count). The molecule has 0 heteroatoms. The van der Waals surface area contributed by atoms with E-state index in [9.17, 15) is 0 Å². The van der Waals surface area contributed by atoms with Gasteiger partial charge in [0.25, 0.3) is 0 Å². The molecule has 133 valence electrons. The van der Waals surface area contributed by atoms with Gasteiger partial charge in [-0.05, 0) is 42.9 Å². The first-order valence-electron chi connectivity index (χ1n) is 10.2. The van der Waals surface area contributed by atoms with Gasteiger partial charge in [-0.3, -0.25) is 0 Å². The summed E-state index contributed by atoms with van der Waals surface area (Å²) < 4.78 is 0. The van der Waals surface area contributed by atoms with Crippen LogP contribution in [0, 0.1) is 24.2 Å². The molecule has 0 heterocycles. The first-order valence-corrected chi connectivity index (χ1v) is 10.2. The van der Waals surface area contributed by atoms with Crippen molar-refractivity contribution < 1.29 is 0 Å². The minimum atomic E-state index is 0.727. The SMILES string of the molecule is CCCCC#Cc1ccc(C[CH]C(C)CCCCCCCC)cc1. The Morgan fingerprint density at radius 1 is 0.875 bits per heavy atom. The average Bonchev–Trinajstić information content (AvgIpc) is 2.61. The minimum Gasteiger partial charge on any atom is -0.0979 e. The van der Waals surface area contributed by atoms with Gasteiger partial charge >= 0.3 is 0 Å². The Kier molecular flexibility index (Phi) is 12.3. The van der Waals surface area contributed by atoms with Crippen LogP contribution in [0.1, 0.15) is 96.1 Å². The highest BCUT2D eigenvalue weighted by molar-refractivity contribution is 5.36. The fraction of sp³-hybridized carbons (Fsp3) is 0.625. The molecule has 0 amide bonds. The molecule has 0 fully saturated rings. The second-order valence-electron chi connectivity index (χ2n) is 7.08. The van der Waals surface area contributed by atoms with E-state index in [1.54, 1.807) is 0 Å². The van der Waals surface area contributed by atoms with Crippen molar-refractivity contribution in [2.45, 2.75) is 91.4 Å². The summed E-state index contributed by atoms with van der Waals surface area (Å²) >= 11 is 0. The van der Waals surface area contributed by atoms with E-state index < -0.39 is 0 Å². The van der Waals surface area contributed by atoms with Crippen LogP contribution in [0.4, 0.5) is 0 Å². The van der Waals surface area contributed by atoms with Gasteiger partial charge in [-0.1, -0.05) is 96.1 Å². The van der Waals surface area contributed by atoms with Crippen LogP contribution in [-0.2, 0) is 6.42 Å². The highest BCUT2D eigenvalue weighted by atomic mass is 14.1. The zero-order chi connectivity index (χ0) is 17.5. The van der Waals surface area contributed by atoms with Gasteiger partial charge in [0.2, 0.25) is 0 Å². The van der Waals surface area contributed by atoms with Crippen LogP contribution in [0.2, 0.25) is 0 Å². The van der Waals surface area contributed by atoms with Gasteiger partial charge in [0, 0.05) is 12.0 Å². The summed E-state index contributed by atoms with van der Waals surface area (Å²) in [5, 5.41) is 0. The fourth-order valence-electron chi connectivity index (χ4n) is 2.86. The van der Waals surface area contributed by atoms with Gasteiger partial charge < -0.3 is 0 Å². The summed E-state index contributed by atoms with van der Waals surface area (Å²) in [6, 6.07) is 8.80. The predicted molar refractivity (Wildman–Crippen MR) is 108 cm³/mol. The first-order chi connectivity index (χ1) is 11.8. The Morgan fingerprint density at radius 2 is 1.54 bits per heavy atom. The minimum absolute atomic E-state index is 0.727. The summed E-state index contributed by atoms with van der Waals surface area (Å²) in [5.41, 5.74) is 2.55. The van der Waals surface area contributed by atoms with Crippen molar-refractivity contribution >= 4 is 0 Å². The molecular weight excluding hydrogens is 288 g/mol. The topological polar surface area (TPSA) is 0 Å². The van der Waals surface area contributed by atoms with E-state index in [1.165, 1.54) is 63.4 Å². The van der Waals surface area contributed by atoms with Crippen LogP contribution < -0.4 is 0 Å². The zero-order valence-corrected chi connectivity index (χ0v) is 16.2. The zero-order valence-electron chi connectivity index (χ0n) is 16.2. The Bertz CT molecular complexity index is 457. The van der Waals surface area contributed by atoms with Crippen molar-refractivity contribution in [3.05, 3.63) is 41.8 Å². The molecule has 1 aromatic rings. The van der Waals surface area contributed by atoms with E-state index >= 15 is 0 Å². The summed E-state index contributed by atoms with van der Waals surface area (Å²) in [7, 11) is 0. The highest BCUT2D eigenvalue weighted by Gasteiger charge is 2.03. The molecule has 24 heavy (non-hydrogen) atoms. The maximum atomic E-state index is 3.26.